The Kier molecular flexibility index (Phi) is 5.19. The van der Waals surface area contributed by atoms with Crippen molar-refractivity contribution < 1.29 is 23.6 Å². The van der Waals surface area contributed by atoms with Gasteiger partial charge >= 0.3 is 11.7 Å². The number of esters is 1. The Morgan fingerprint density at radius 2 is 2.17 bits per heavy atom. The molecule has 0 heterocycles. The second-order valence-electron chi connectivity index (χ2n) is 3.41. The largest absolute Gasteiger partial charge is 0.462 e. The van der Waals surface area contributed by atoms with E-state index in [0.29, 0.717) is 13.0 Å². The topological polar surface area (TPSA) is 78.7 Å². The maximum Gasteiger partial charge on any atom is 0.338 e. The van der Waals surface area contributed by atoms with Gasteiger partial charge in [0.1, 0.15) is 0 Å². The van der Waals surface area contributed by atoms with Crippen molar-refractivity contribution in [2.75, 3.05) is 20.3 Å². The number of nitro groups is 1. The molecule has 0 unspecified atom stereocenters. The molecule has 0 aliphatic rings. The molecule has 0 bridgehead atoms. The maximum absolute atomic E-state index is 13.0. The van der Waals surface area contributed by atoms with Crippen molar-refractivity contribution in [1.29, 1.82) is 0 Å². The third kappa shape index (κ3) is 3.77. The minimum Gasteiger partial charge on any atom is -0.462 e. The summed E-state index contributed by atoms with van der Waals surface area (Å²) in [5, 5.41) is 10.5. The number of hydrogen-bond acceptors (Lipinski definition) is 5. The first-order chi connectivity index (χ1) is 8.56. The second-order valence-corrected chi connectivity index (χ2v) is 3.41. The number of hydrogen-bond donors (Lipinski definition) is 0. The number of rotatable bonds is 6. The molecule has 0 spiro atoms. The van der Waals surface area contributed by atoms with Gasteiger partial charge in [0.15, 0.2) is 0 Å². The standard InChI is InChI=1S/C11H12FNO5/c1-17-5-2-6-18-11(14)8-3-4-9(12)10(7-8)13(15)16/h3-4,7H,2,5-6H2,1H3. The van der Waals surface area contributed by atoms with Gasteiger partial charge in [0.2, 0.25) is 5.82 Å². The number of halogens is 1. The zero-order chi connectivity index (χ0) is 13.5. The lowest BCUT2D eigenvalue weighted by Crippen LogP contribution is -2.08. The van der Waals surface area contributed by atoms with Crippen LogP contribution in [-0.4, -0.2) is 31.2 Å². The number of nitro benzene ring substituents is 1. The minimum atomic E-state index is -0.990. The number of benzene rings is 1. The van der Waals surface area contributed by atoms with Crippen molar-refractivity contribution in [2.45, 2.75) is 6.42 Å². The lowest BCUT2D eigenvalue weighted by Gasteiger charge is -2.04. The number of nitrogens with zero attached hydrogens (tertiary/aromatic N) is 1. The molecule has 1 aromatic rings. The summed E-state index contributed by atoms with van der Waals surface area (Å²) >= 11 is 0. The first-order valence-corrected chi connectivity index (χ1v) is 5.16. The SMILES string of the molecule is COCCCOC(=O)c1ccc(F)c([N+](=O)[O-])c1. The highest BCUT2D eigenvalue weighted by molar-refractivity contribution is 5.90. The van der Waals surface area contributed by atoms with Crippen molar-refractivity contribution in [1.82, 2.24) is 0 Å². The van der Waals surface area contributed by atoms with E-state index in [0.717, 1.165) is 18.2 Å². The van der Waals surface area contributed by atoms with Gasteiger partial charge in [-0.15, -0.1) is 0 Å². The zero-order valence-corrected chi connectivity index (χ0v) is 9.72. The summed E-state index contributed by atoms with van der Waals surface area (Å²) in [6.07, 6.45) is 0.519. The molecule has 0 aliphatic carbocycles. The molecule has 0 aromatic heterocycles. The third-order valence-corrected chi connectivity index (χ3v) is 2.10. The smallest absolute Gasteiger partial charge is 0.338 e. The van der Waals surface area contributed by atoms with E-state index >= 15 is 0 Å². The molecule has 0 atom stereocenters. The molecule has 1 aromatic carbocycles. The molecular formula is C11H12FNO5. The Bertz CT molecular complexity index is 449. The molecule has 0 aliphatic heterocycles. The lowest BCUT2D eigenvalue weighted by molar-refractivity contribution is -0.387. The average molecular weight is 257 g/mol. The van der Waals surface area contributed by atoms with Crippen molar-refractivity contribution in [3.63, 3.8) is 0 Å². The van der Waals surface area contributed by atoms with Crippen molar-refractivity contribution in [3.8, 4) is 0 Å². The van der Waals surface area contributed by atoms with Crippen LogP contribution in [0, 0.1) is 15.9 Å². The van der Waals surface area contributed by atoms with Crippen LogP contribution in [0.1, 0.15) is 16.8 Å². The van der Waals surface area contributed by atoms with Crippen LogP contribution in [0.15, 0.2) is 18.2 Å². The van der Waals surface area contributed by atoms with Gasteiger partial charge in [0, 0.05) is 26.2 Å². The highest BCUT2D eigenvalue weighted by atomic mass is 19.1. The van der Waals surface area contributed by atoms with Crippen LogP contribution in [0.4, 0.5) is 10.1 Å². The van der Waals surface area contributed by atoms with E-state index < -0.39 is 22.4 Å². The Hall–Kier alpha value is -2.02. The fourth-order valence-corrected chi connectivity index (χ4v) is 1.23. The summed E-state index contributed by atoms with van der Waals surface area (Å²) < 4.78 is 22.6. The lowest BCUT2D eigenvalue weighted by atomic mass is 10.2. The Morgan fingerprint density at radius 1 is 1.44 bits per heavy atom. The number of methoxy groups -OCH3 is 1. The van der Waals surface area contributed by atoms with Gasteiger partial charge < -0.3 is 9.47 Å². The van der Waals surface area contributed by atoms with Crippen LogP contribution in [0.5, 0.6) is 0 Å². The van der Waals surface area contributed by atoms with E-state index in [2.05, 4.69) is 0 Å². The summed E-state index contributed by atoms with van der Waals surface area (Å²) in [7, 11) is 1.52. The third-order valence-electron chi connectivity index (χ3n) is 2.10. The Morgan fingerprint density at radius 3 is 2.78 bits per heavy atom. The molecule has 0 amide bonds. The zero-order valence-electron chi connectivity index (χ0n) is 9.72. The van der Waals surface area contributed by atoms with Crippen LogP contribution >= 0.6 is 0 Å². The molecule has 98 valence electrons. The quantitative estimate of drug-likeness (QED) is 0.336. The normalized spacial score (nSPS) is 10.1. The van der Waals surface area contributed by atoms with Crippen LogP contribution in [0.2, 0.25) is 0 Å². The average Bonchev–Trinajstić information content (AvgIpc) is 2.34. The van der Waals surface area contributed by atoms with E-state index in [9.17, 15) is 19.3 Å². The summed E-state index contributed by atoms with van der Waals surface area (Å²) in [4.78, 5) is 21.1. The summed E-state index contributed by atoms with van der Waals surface area (Å²) in [5.74, 6) is -1.72. The van der Waals surface area contributed by atoms with Gasteiger partial charge in [-0.3, -0.25) is 10.1 Å². The first-order valence-electron chi connectivity index (χ1n) is 5.16. The van der Waals surface area contributed by atoms with Gasteiger partial charge in [0.25, 0.3) is 0 Å². The molecule has 18 heavy (non-hydrogen) atoms. The van der Waals surface area contributed by atoms with Crippen molar-refractivity contribution >= 4 is 11.7 Å². The Labute approximate surface area is 102 Å². The van der Waals surface area contributed by atoms with E-state index in [1.54, 1.807) is 0 Å². The van der Waals surface area contributed by atoms with Crippen molar-refractivity contribution in [3.05, 3.63) is 39.7 Å². The Balaban J connectivity index is 2.68. The molecule has 0 fully saturated rings. The van der Waals surface area contributed by atoms with E-state index in [1.165, 1.54) is 7.11 Å². The molecule has 1 rings (SSSR count). The van der Waals surface area contributed by atoms with Gasteiger partial charge in [0.05, 0.1) is 17.1 Å². The van der Waals surface area contributed by atoms with E-state index in [4.69, 9.17) is 9.47 Å². The maximum atomic E-state index is 13.0. The monoisotopic (exact) mass is 257 g/mol. The molecule has 0 radical (unpaired) electrons. The van der Waals surface area contributed by atoms with Crippen LogP contribution < -0.4 is 0 Å². The molecule has 0 saturated carbocycles. The van der Waals surface area contributed by atoms with Gasteiger partial charge in [-0.2, -0.15) is 4.39 Å². The fourth-order valence-electron chi connectivity index (χ4n) is 1.23. The van der Waals surface area contributed by atoms with Crippen LogP contribution in [0.25, 0.3) is 0 Å². The molecule has 0 N–H and O–H groups in total. The number of ether oxygens (including phenoxy) is 2. The fraction of sp³-hybridized carbons (Fsp3) is 0.364. The van der Waals surface area contributed by atoms with Crippen molar-refractivity contribution in [2.24, 2.45) is 0 Å². The summed E-state index contributed by atoms with van der Waals surface area (Å²) in [6.45, 7) is 0.578. The van der Waals surface area contributed by atoms with Crippen LogP contribution in [-0.2, 0) is 9.47 Å². The van der Waals surface area contributed by atoms with E-state index in [-0.39, 0.29) is 12.2 Å². The second kappa shape index (κ2) is 6.65. The summed E-state index contributed by atoms with van der Waals surface area (Å²) in [6, 6.07) is 2.86. The number of carbonyl (C=O) groups is 1. The van der Waals surface area contributed by atoms with Crippen LogP contribution in [0.3, 0.4) is 0 Å². The molecule has 6 nitrogen and oxygen atoms in total. The molecular weight excluding hydrogens is 245 g/mol. The molecule has 0 saturated heterocycles. The van der Waals surface area contributed by atoms with Gasteiger partial charge in [-0.1, -0.05) is 0 Å². The summed E-state index contributed by atoms with van der Waals surface area (Å²) in [5.41, 5.74) is -0.804. The predicted octanol–water partition coefficient (Wildman–Crippen LogP) is 1.93. The van der Waals surface area contributed by atoms with Gasteiger partial charge in [-0.25, -0.2) is 4.79 Å². The predicted molar refractivity (Wildman–Crippen MR) is 59.8 cm³/mol. The van der Waals surface area contributed by atoms with Gasteiger partial charge in [-0.05, 0) is 12.1 Å². The molecule has 7 heteroatoms. The highest BCUT2D eigenvalue weighted by Gasteiger charge is 2.18. The first kappa shape index (κ1) is 14.0. The highest BCUT2D eigenvalue weighted by Crippen LogP contribution is 2.19. The minimum absolute atomic E-state index is 0.0551. The number of carbonyl (C=O) groups excluding carboxylic acids is 1. The van der Waals surface area contributed by atoms with E-state index in [1.807, 2.05) is 0 Å².